The first-order valence-electron chi connectivity index (χ1n) is 10.1. The van der Waals surface area contributed by atoms with E-state index in [-0.39, 0.29) is 11.9 Å². The summed E-state index contributed by atoms with van der Waals surface area (Å²) in [7, 11) is 0. The van der Waals surface area contributed by atoms with Gasteiger partial charge in [-0.1, -0.05) is 47.8 Å². The number of pyridine rings is 1. The lowest BCUT2D eigenvalue weighted by molar-refractivity contribution is 0.0363. The molecule has 0 amide bonds. The van der Waals surface area contributed by atoms with Crippen LogP contribution in [-0.2, 0) is 0 Å². The minimum Gasteiger partial charge on any atom is -0.386 e. The first kappa shape index (κ1) is 21.3. The highest BCUT2D eigenvalue weighted by Gasteiger charge is 2.31. The van der Waals surface area contributed by atoms with Crippen LogP contribution in [0.15, 0.2) is 60.8 Å². The number of likely N-dealkylation sites (tertiary alicyclic amines) is 1. The van der Waals surface area contributed by atoms with Gasteiger partial charge < -0.3 is 5.11 Å². The summed E-state index contributed by atoms with van der Waals surface area (Å²) in [5, 5.41) is 12.6. The van der Waals surface area contributed by atoms with Gasteiger partial charge in [0.15, 0.2) is 0 Å². The third-order valence-electron chi connectivity index (χ3n) is 5.59. The minimum absolute atomic E-state index is 0.290. The van der Waals surface area contributed by atoms with Crippen LogP contribution in [0.1, 0.15) is 42.5 Å². The Bertz CT molecular complexity index is 986. The second-order valence-electron chi connectivity index (χ2n) is 7.64. The summed E-state index contributed by atoms with van der Waals surface area (Å²) < 4.78 is 13.6. The Morgan fingerprint density at radius 1 is 0.933 bits per heavy atom. The molecule has 156 valence electrons. The van der Waals surface area contributed by atoms with Gasteiger partial charge >= 0.3 is 0 Å². The van der Waals surface area contributed by atoms with Gasteiger partial charge in [0, 0.05) is 27.4 Å². The maximum atomic E-state index is 13.6. The van der Waals surface area contributed by atoms with E-state index in [1.807, 2.05) is 12.1 Å². The Hall–Kier alpha value is -1.98. The van der Waals surface area contributed by atoms with Crippen molar-refractivity contribution in [3.63, 3.8) is 0 Å². The molecule has 0 saturated carbocycles. The maximum Gasteiger partial charge on any atom is 0.123 e. The quantitative estimate of drug-likeness (QED) is 0.490. The summed E-state index contributed by atoms with van der Waals surface area (Å²) in [6, 6.07) is 15.0. The van der Waals surface area contributed by atoms with Crippen molar-refractivity contribution in [3.8, 4) is 11.3 Å². The molecular formula is C24H23Cl2FN2O. The summed E-state index contributed by atoms with van der Waals surface area (Å²) in [5.41, 5.74) is 2.96. The molecule has 0 bridgehead atoms. The first-order valence-corrected chi connectivity index (χ1v) is 10.9. The summed E-state index contributed by atoms with van der Waals surface area (Å²) >= 11 is 12.4. The molecule has 3 nitrogen and oxygen atoms in total. The second-order valence-corrected chi connectivity index (χ2v) is 8.51. The molecule has 1 fully saturated rings. The Balaban J connectivity index is 1.78. The van der Waals surface area contributed by atoms with Crippen LogP contribution in [0, 0.1) is 5.82 Å². The summed E-state index contributed by atoms with van der Waals surface area (Å²) in [5.74, 6) is -0.290. The van der Waals surface area contributed by atoms with Crippen molar-refractivity contribution in [3.05, 3.63) is 87.8 Å². The van der Waals surface area contributed by atoms with Gasteiger partial charge in [0.25, 0.3) is 0 Å². The van der Waals surface area contributed by atoms with Crippen molar-refractivity contribution in [2.24, 2.45) is 0 Å². The number of aliphatic hydroxyl groups is 1. The average molecular weight is 445 g/mol. The zero-order chi connectivity index (χ0) is 21.1. The lowest BCUT2D eigenvalue weighted by atomic mass is 9.90. The third kappa shape index (κ3) is 4.68. The summed E-state index contributed by atoms with van der Waals surface area (Å²) in [6.45, 7) is 1.77. The molecule has 30 heavy (non-hydrogen) atoms. The fourth-order valence-electron chi connectivity index (χ4n) is 4.21. The van der Waals surface area contributed by atoms with Crippen molar-refractivity contribution in [2.45, 2.75) is 31.4 Å². The number of rotatable bonds is 5. The molecule has 2 atom stereocenters. The number of halogens is 3. The molecule has 2 aromatic carbocycles. The van der Waals surface area contributed by atoms with E-state index in [9.17, 15) is 9.50 Å². The van der Waals surface area contributed by atoms with Crippen molar-refractivity contribution >= 4 is 23.2 Å². The number of aromatic nitrogens is 1. The topological polar surface area (TPSA) is 36.4 Å². The SMILES string of the molecule is O[C@H](c1cccnc1-c1cc(Cl)cc(Cl)c1)[C@H](c1ccc(F)cc1)N1CCCCC1. The Kier molecular flexibility index (Phi) is 6.69. The predicted molar refractivity (Wildman–Crippen MR) is 119 cm³/mol. The smallest absolute Gasteiger partial charge is 0.123 e. The van der Waals surface area contributed by atoms with Crippen LogP contribution in [0.4, 0.5) is 4.39 Å². The third-order valence-corrected chi connectivity index (χ3v) is 6.02. The van der Waals surface area contributed by atoms with E-state index in [4.69, 9.17) is 23.2 Å². The Labute approximate surface area is 186 Å². The van der Waals surface area contributed by atoms with Crippen LogP contribution in [0.3, 0.4) is 0 Å². The van der Waals surface area contributed by atoms with E-state index in [1.165, 1.54) is 18.6 Å². The highest BCUT2D eigenvalue weighted by atomic mass is 35.5. The van der Waals surface area contributed by atoms with Crippen LogP contribution in [0.5, 0.6) is 0 Å². The Morgan fingerprint density at radius 2 is 1.60 bits per heavy atom. The van der Waals surface area contributed by atoms with Crippen molar-refractivity contribution < 1.29 is 9.50 Å². The van der Waals surface area contributed by atoms with E-state index in [0.717, 1.165) is 37.1 Å². The molecule has 1 aliphatic rings. The van der Waals surface area contributed by atoms with Gasteiger partial charge in [-0.25, -0.2) is 4.39 Å². The van der Waals surface area contributed by atoms with Crippen molar-refractivity contribution in [1.29, 1.82) is 0 Å². The van der Waals surface area contributed by atoms with Gasteiger partial charge in [-0.3, -0.25) is 9.88 Å². The molecule has 2 heterocycles. The zero-order valence-corrected chi connectivity index (χ0v) is 18.0. The van der Waals surface area contributed by atoms with E-state index in [1.54, 1.807) is 36.5 Å². The highest BCUT2D eigenvalue weighted by Crippen LogP contribution is 2.39. The van der Waals surface area contributed by atoms with Crippen LogP contribution in [0.25, 0.3) is 11.3 Å². The Morgan fingerprint density at radius 3 is 2.27 bits per heavy atom. The summed E-state index contributed by atoms with van der Waals surface area (Å²) in [6.07, 6.45) is 4.17. The zero-order valence-electron chi connectivity index (χ0n) is 16.4. The number of hydrogen-bond acceptors (Lipinski definition) is 3. The lowest BCUT2D eigenvalue weighted by Gasteiger charge is -2.38. The van der Waals surface area contributed by atoms with Gasteiger partial charge in [0.2, 0.25) is 0 Å². The molecule has 0 spiro atoms. The van der Waals surface area contributed by atoms with Gasteiger partial charge in [-0.15, -0.1) is 0 Å². The number of piperidine rings is 1. The predicted octanol–water partition coefficient (Wildman–Crippen LogP) is 6.46. The second kappa shape index (κ2) is 9.44. The minimum atomic E-state index is -0.852. The largest absolute Gasteiger partial charge is 0.386 e. The van der Waals surface area contributed by atoms with E-state index in [0.29, 0.717) is 21.3 Å². The molecule has 4 rings (SSSR count). The molecule has 0 unspecified atom stereocenters. The normalized spacial score (nSPS) is 16.9. The van der Waals surface area contributed by atoms with Crippen molar-refractivity contribution in [1.82, 2.24) is 9.88 Å². The number of hydrogen-bond donors (Lipinski definition) is 1. The monoisotopic (exact) mass is 444 g/mol. The molecule has 1 N–H and O–H groups in total. The molecule has 0 aliphatic carbocycles. The molecule has 1 aliphatic heterocycles. The molecule has 1 saturated heterocycles. The number of aliphatic hydroxyl groups excluding tert-OH is 1. The number of benzene rings is 2. The van der Waals surface area contributed by atoms with Crippen LogP contribution >= 0.6 is 23.2 Å². The van der Waals surface area contributed by atoms with Gasteiger partial charge in [-0.2, -0.15) is 0 Å². The molecule has 1 aromatic heterocycles. The van der Waals surface area contributed by atoms with Gasteiger partial charge in [0.1, 0.15) is 11.9 Å². The fraction of sp³-hybridized carbons (Fsp3) is 0.292. The standard InChI is InChI=1S/C24H23Cl2FN2O/c25-18-13-17(14-19(26)15-18)22-21(5-4-10-28-22)24(30)23(29-11-2-1-3-12-29)16-6-8-20(27)9-7-16/h4-10,13-15,23-24,30H,1-3,11-12H2/t23-,24+/m0/s1. The van der Waals surface area contributed by atoms with E-state index in [2.05, 4.69) is 9.88 Å². The number of nitrogens with zero attached hydrogens (tertiary/aromatic N) is 2. The maximum absolute atomic E-state index is 13.6. The van der Waals surface area contributed by atoms with Crippen LogP contribution < -0.4 is 0 Å². The fourth-order valence-corrected chi connectivity index (χ4v) is 4.73. The highest BCUT2D eigenvalue weighted by molar-refractivity contribution is 6.35. The van der Waals surface area contributed by atoms with E-state index < -0.39 is 6.10 Å². The molecule has 6 heteroatoms. The average Bonchev–Trinajstić information content (AvgIpc) is 2.75. The molecular weight excluding hydrogens is 422 g/mol. The first-order chi connectivity index (χ1) is 14.5. The molecule has 0 radical (unpaired) electrons. The van der Waals surface area contributed by atoms with Crippen LogP contribution in [-0.4, -0.2) is 28.1 Å². The molecule has 3 aromatic rings. The van der Waals surface area contributed by atoms with Crippen LogP contribution in [0.2, 0.25) is 10.0 Å². The summed E-state index contributed by atoms with van der Waals surface area (Å²) in [4.78, 5) is 6.81. The van der Waals surface area contributed by atoms with Gasteiger partial charge in [-0.05, 0) is 67.9 Å². The van der Waals surface area contributed by atoms with Gasteiger partial charge in [0.05, 0.1) is 11.7 Å². The van der Waals surface area contributed by atoms with Crippen molar-refractivity contribution in [2.75, 3.05) is 13.1 Å². The lowest BCUT2D eigenvalue weighted by Crippen LogP contribution is -2.37. The van der Waals surface area contributed by atoms with E-state index >= 15 is 0 Å².